The Kier molecular flexibility index (Phi) is 1.71. The van der Waals surface area contributed by atoms with Crippen LogP contribution in [0.5, 0.6) is 0 Å². The maximum absolute atomic E-state index is 12.0. The first-order valence-electron chi connectivity index (χ1n) is 5.75. The number of hydrogen-bond donors (Lipinski definition) is 2. The Hall–Kier alpha value is -0.900. The van der Waals surface area contributed by atoms with E-state index in [1.54, 1.807) is 0 Å². The molecular formula is C12H16N2OS. The summed E-state index contributed by atoms with van der Waals surface area (Å²) in [5.41, 5.74) is 2.28. The lowest BCUT2D eigenvalue weighted by atomic mass is 9.70. The summed E-state index contributed by atoms with van der Waals surface area (Å²) in [5.74, 6) is 0.378. The summed E-state index contributed by atoms with van der Waals surface area (Å²) >= 11 is 5.07. The summed E-state index contributed by atoms with van der Waals surface area (Å²) in [7, 11) is 0. The van der Waals surface area contributed by atoms with Crippen LogP contribution in [-0.2, 0) is 5.41 Å². The number of aromatic amines is 2. The third kappa shape index (κ3) is 0.902. The molecule has 2 aliphatic rings. The van der Waals surface area contributed by atoms with E-state index in [0.717, 1.165) is 24.1 Å². The third-order valence-electron chi connectivity index (χ3n) is 5.11. The second-order valence-electron chi connectivity index (χ2n) is 5.84. The molecule has 2 unspecified atom stereocenters. The minimum atomic E-state index is 0.0141. The van der Waals surface area contributed by atoms with Gasteiger partial charge >= 0.3 is 0 Å². The molecule has 1 saturated carbocycles. The van der Waals surface area contributed by atoms with E-state index in [-0.39, 0.29) is 16.4 Å². The van der Waals surface area contributed by atoms with Crippen LogP contribution in [0.3, 0.4) is 0 Å². The molecule has 0 amide bonds. The molecule has 16 heavy (non-hydrogen) atoms. The molecule has 0 aromatic carbocycles. The Morgan fingerprint density at radius 1 is 1.31 bits per heavy atom. The molecule has 0 aliphatic heterocycles. The molecule has 2 aliphatic carbocycles. The van der Waals surface area contributed by atoms with Crippen LogP contribution in [-0.4, -0.2) is 9.97 Å². The zero-order chi connectivity index (χ0) is 11.7. The van der Waals surface area contributed by atoms with Crippen molar-refractivity contribution in [2.45, 2.75) is 44.9 Å². The van der Waals surface area contributed by atoms with Crippen molar-refractivity contribution in [3.8, 4) is 0 Å². The number of rotatable bonds is 0. The molecule has 2 bridgehead atoms. The molecule has 3 nitrogen and oxygen atoms in total. The third-order valence-corrected chi connectivity index (χ3v) is 5.31. The number of H-pyrrole nitrogens is 2. The topological polar surface area (TPSA) is 48.6 Å². The van der Waals surface area contributed by atoms with Crippen molar-refractivity contribution in [3.63, 3.8) is 0 Å². The van der Waals surface area contributed by atoms with Crippen molar-refractivity contribution in [1.29, 1.82) is 0 Å². The van der Waals surface area contributed by atoms with Gasteiger partial charge in [0, 0.05) is 16.7 Å². The van der Waals surface area contributed by atoms with Crippen molar-refractivity contribution in [3.05, 3.63) is 26.4 Å². The molecule has 2 atom stereocenters. The van der Waals surface area contributed by atoms with E-state index in [9.17, 15) is 4.79 Å². The van der Waals surface area contributed by atoms with Crippen molar-refractivity contribution < 1.29 is 0 Å². The van der Waals surface area contributed by atoms with Gasteiger partial charge in [-0.05, 0) is 36.4 Å². The minimum Gasteiger partial charge on any atom is -0.335 e. The van der Waals surface area contributed by atoms with Gasteiger partial charge in [0.25, 0.3) is 5.56 Å². The Balaban J connectivity index is 2.43. The summed E-state index contributed by atoms with van der Waals surface area (Å²) in [6.45, 7) is 6.78. The molecule has 4 heteroatoms. The number of hydrogen-bond acceptors (Lipinski definition) is 2. The lowest BCUT2D eigenvalue weighted by molar-refractivity contribution is 0.227. The van der Waals surface area contributed by atoms with Gasteiger partial charge in [0.05, 0.1) is 0 Å². The molecule has 2 N–H and O–H groups in total. The molecule has 1 aromatic rings. The first-order chi connectivity index (χ1) is 7.38. The van der Waals surface area contributed by atoms with Gasteiger partial charge in [-0.15, -0.1) is 0 Å². The molecule has 86 valence electrons. The SMILES string of the molecule is CC12CCC(c3c1[nH]c(=S)[nH]c3=O)C2(C)C. The Morgan fingerprint density at radius 3 is 2.69 bits per heavy atom. The molecule has 0 saturated heterocycles. The fourth-order valence-corrected chi connectivity index (χ4v) is 3.91. The summed E-state index contributed by atoms with van der Waals surface area (Å²) in [6, 6.07) is 0. The zero-order valence-electron chi connectivity index (χ0n) is 9.81. The standard InChI is InChI=1S/C12H16N2OS/c1-11(2)6-4-5-12(11,3)8-7(6)9(15)14-10(16)13-8/h6H,4-5H2,1-3H3,(H2,13,14,15,16). The Morgan fingerprint density at radius 2 is 2.00 bits per heavy atom. The van der Waals surface area contributed by atoms with Crippen LogP contribution in [0.15, 0.2) is 4.79 Å². The van der Waals surface area contributed by atoms with E-state index in [1.165, 1.54) is 0 Å². The average Bonchev–Trinajstić information content (AvgIpc) is 2.48. The fourth-order valence-electron chi connectivity index (χ4n) is 3.72. The largest absolute Gasteiger partial charge is 0.335 e. The van der Waals surface area contributed by atoms with Gasteiger partial charge in [-0.2, -0.15) is 0 Å². The van der Waals surface area contributed by atoms with E-state index in [0.29, 0.717) is 10.7 Å². The molecule has 3 rings (SSSR count). The van der Waals surface area contributed by atoms with Crippen LogP contribution in [0.4, 0.5) is 0 Å². The fraction of sp³-hybridized carbons (Fsp3) is 0.667. The summed E-state index contributed by atoms with van der Waals surface area (Å²) in [5, 5.41) is 0. The molecule has 0 radical (unpaired) electrons. The van der Waals surface area contributed by atoms with Gasteiger partial charge in [-0.1, -0.05) is 20.8 Å². The van der Waals surface area contributed by atoms with Crippen LogP contribution >= 0.6 is 12.2 Å². The molecule has 1 heterocycles. The zero-order valence-corrected chi connectivity index (χ0v) is 10.6. The monoisotopic (exact) mass is 236 g/mol. The van der Waals surface area contributed by atoms with Crippen LogP contribution in [0.2, 0.25) is 0 Å². The predicted molar refractivity (Wildman–Crippen MR) is 65.4 cm³/mol. The van der Waals surface area contributed by atoms with Gasteiger partial charge in [0.15, 0.2) is 4.77 Å². The second kappa shape index (κ2) is 2.67. The van der Waals surface area contributed by atoms with E-state index in [4.69, 9.17) is 12.2 Å². The highest BCUT2D eigenvalue weighted by atomic mass is 32.1. The van der Waals surface area contributed by atoms with Gasteiger partial charge in [0.2, 0.25) is 0 Å². The highest BCUT2D eigenvalue weighted by molar-refractivity contribution is 7.71. The minimum absolute atomic E-state index is 0.0141. The molecule has 1 aromatic heterocycles. The number of nitrogens with one attached hydrogen (secondary N) is 2. The predicted octanol–water partition coefficient (Wildman–Crippen LogP) is 2.61. The van der Waals surface area contributed by atoms with Crippen molar-refractivity contribution in [2.24, 2.45) is 5.41 Å². The van der Waals surface area contributed by atoms with Gasteiger partial charge in [-0.25, -0.2) is 0 Å². The lowest BCUT2D eigenvalue weighted by Crippen LogP contribution is -2.32. The highest BCUT2D eigenvalue weighted by Gasteiger charge is 2.60. The number of fused-ring (bicyclic) bond motifs is 5. The summed E-state index contributed by atoms with van der Waals surface area (Å²) in [4.78, 5) is 17.9. The van der Waals surface area contributed by atoms with Crippen LogP contribution in [0.1, 0.15) is 50.8 Å². The maximum atomic E-state index is 12.0. The summed E-state index contributed by atoms with van der Waals surface area (Å²) in [6.07, 6.45) is 2.26. The second-order valence-corrected chi connectivity index (χ2v) is 6.25. The van der Waals surface area contributed by atoms with Crippen molar-refractivity contribution in [2.75, 3.05) is 0 Å². The van der Waals surface area contributed by atoms with Crippen molar-refractivity contribution in [1.82, 2.24) is 9.97 Å². The highest BCUT2D eigenvalue weighted by Crippen LogP contribution is 2.66. The normalized spacial score (nSPS) is 34.1. The number of aromatic nitrogens is 2. The lowest BCUT2D eigenvalue weighted by Gasteiger charge is -2.34. The van der Waals surface area contributed by atoms with Crippen LogP contribution in [0.25, 0.3) is 0 Å². The smallest absolute Gasteiger partial charge is 0.255 e. The van der Waals surface area contributed by atoms with E-state index in [1.807, 2.05) is 0 Å². The van der Waals surface area contributed by atoms with Gasteiger partial charge in [0.1, 0.15) is 0 Å². The Labute approximate surface area is 99.3 Å². The van der Waals surface area contributed by atoms with E-state index >= 15 is 0 Å². The van der Waals surface area contributed by atoms with Gasteiger partial charge < -0.3 is 4.98 Å². The summed E-state index contributed by atoms with van der Waals surface area (Å²) < 4.78 is 0.452. The maximum Gasteiger partial charge on any atom is 0.255 e. The van der Waals surface area contributed by atoms with Crippen LogP contribution < -0.4 is 5.56 Å². The van der Waals surface area contributed by atoms with Gasteiger partial charge in [-0.3, -0.25) is 9.78 Å². The van der Waals surface area contributed by atoms with E-state index in [2.05, 4.69) is 30.7 Å². The molecule has 0 spiro atoms. The van der Waals surface area contributed by atoms with E-state index < -0.39 is 0 Å². The average molecular weight is 236 g/mol. The molecular weight excluding hydrogens is 220 g/mol. The first-order valence-corrected chi connectivity index (χ1v) is 6.16. The molecule has 1 fully saturated rings. The quantitative estimate of drug-likeness (QED) is 0.680. The Bertz CT molecular complexity index is 583. The van der Waals surface area contributed by atoms with Crippen LogP contribution in [0, 0.1) is 10.2 Å². The van der Waals surface area contributed by atoms with Crippen molar-refractivity contribution >= 4 is 12.2 Å². The first kappa shape index (κ1) is 10.3.